The lowest BCUT2D eigenvalue weighted by Crippen LogP contribution is -2.17. The Kier molecular flexibility index (Phi) is 6.04. The fraction of sp³-hybridized carbons (Fsp3) is 0.727. The molecule has 0 amide bonds. The SMILES string of the molecule is CCCNCc1ccnn1CCCOC. The van der Waals surface area contributed by atoms with Crippen LogP contribution in [0.4, 0.5) is 0 Å². The van der Waals surface area contributed by atoms with Gasteiger partial charge in [-0.2, -0.15) is 5.10 Å². The first kappa shape index (κ1) is 12.2. The van der Waals surface area contributed by atoms with Gasteiger partial charge in [-0.05, 0) is 25.5 Å². The van der Waals surface area contributed by atoms with Crippen molar-refractivity contribution in [3.05, 3.63) is 18.0 Å². The Morgan fingerprint density at radius 2 is 2.40 bits per heavy atom. The lowest BCUT2D eigenvalue weighted by molar-refractivity contribution is 0.188. The van der Waals surface area contributed by atoms with Crippen LogP contribution in [0.5, 0.6) is 0 Å². The lowest BCUT2D eigenvalue weighted by Gasteiger charge is -2.07. The van der Waals surface area contributed by atoms with Crippen molar-refractivity contribution in [1.82, 2.24) is 15.1 Å². The van der Waals surface area contributed by atoms with Gasteiger partial charge in [-0.3, -0.25) is 4.68 Å². The van der Waals surface area contributed by atoms with Crippen LogP contribution in [0.3, 0.4) is 0 Å². The van der Waals surface area contributed by atoms with E-state index in [1.165, 1.54) is 5.69 Å². The first-order chi connectivity index (χ1) is 7.38. The van der Waals surface area contributed by atoms with Gasteiger partial charge in [0.1, 0.15) is 0 Å². The Bertz CT molecular complexity index is 236. The van der Waals surface area contributed by atoms with Crippen molar-refractivity contribution in [2.75, 3.05) is 20.3 Å². The van der Waals surface area contributed by atoms with Gasteiger partial charge in [-0.15, -0.1) is 0 Å². The van der Waals surface area contributed by atoms with Crippen LogP contribution in [-0.4, -0.2) is 30.0 Å². The Hall–Kier alpha value is -0.870. The fourth-order valence-corrected chi connectivity index (χ4v) is 1.46. The molecule has 0 saturated carbocycles. The average Bonchev–Trinajstić information content (AvgIpc) is 2.67. The summed E-state index contributed by atoms with van der Waals surface area (Å²) in [5.74, 6) is 0. The number of aromatic nitrogens is 2. The van der Waals surface area contributed by atoms with E-state index in [2.05, 4.69) is 23.4 Å². The van der Waals surface area contributed by atoms with Gasteiger partial charge in [-0.1, -0.05) is 6.92 Å². The number of hydrogen-bond acceptors (Lipinski definition) is 3. The zero-order chi connectivity index (χ0) is 10.9. The summed E-state index contributed by atoms with van der Waals surface area (Å²) < 4.78 is 7.07. The van der Waals surface area contributed by atoms with E-state index in [-0.39, 0.29) is 0 Å². The lowest BCUT2D eigenvalue weighted by atomic mass is 10.3. The van der Waals surface area contributed by atoms with Crippen molar-refractivity contribution in [3.8, 4) is 0 Å². The highest BCUT2D eigenvalue weighted by molar-refractivity contribution is 4.99. The zero-order valence-electron chi connectivity index (χ0n) is 9.70. The quantitative estimate of drug-likeness (QED) is 0.661. The van der Waals surface area contributed by atoms with E-state index in [0.717, 1.165) is 39.1 Å². The van der Waals surface area contributed by atoms with E-state index in [1.54, 1.807) is 7.11 Å². The summed E-state index contributed by atoms with van der Waals surface area (Å²) in [6, 6.07) is 2.06. The molecule has 0 atom stereocenters. The topological polar surface area (TPSA) is 39.1 Å². The molecule has 1 aromatic rings. The maximum atomic E-state index is 5.02. The molecule has 4 heteroatoms. The van der Waals surface area contributed by atoms with Crippen molar-refractivity contribution in [2.24, 2.45) is 0 Å². The smallest absolute Gasteiger partial charge is 0.0522 e. The van der Waals surface area contributed by atoms with Crippen molar-refractivity contribution in [1.29, 1.82) is 0 Å². The van der Waals surface area contributed by atoms with Gasteiger partial charge >= 0.3 is 0 Å². The number of aryl methyl sites for hydroxylation is 1. The summed E-state index contributed by atoms with van der Waals surface area (Å²) in [6.45, 7) is 5.86. The van der Waals surface area contributed by atoms with Crippen LogP contribution in [0, 0.1) is 0 Å². The number of hydrogen-bond donors (Lipinski definition) is 1. The molecule has 0 fully saturated rings. The number of nitrogens with one attached hydrogen (secondary N) is 1. The maximum Gasteiger partial charge on any atom is 0.0522 e. The maximum absolute atomic E-state index is 5.02. The predicted octanol–water partition coefficient (Wildman–Crippen LogP) is 1.42. The molecule has 1 aromatic heterocycles. The second-order valence-electron chi connectivity index (χ2n) is 3.57. The Labute approximate surface area is 91.6 Å². The van der Waals surface area contributed by atoms with Crippen molar-refractivity contribution >= 4 is 0 Å². The van der Waals surface area contributed by atoms with Gasteiger partial charge in [0, 0.05) is 33.0 Å². The van der Waals surface area contributed by atoms with Gasteiger partial charge in [0.2, 0.25) is 0 Å². The number of nitrogens with zero attached hydrogens (tertiary/aromatic N) is 2. The number of methoxy groups -OCH3 is 1. The summed E-state index contributed by atoms with van der Waals surface area (Å²) in [5.41, 5.74) is 1.25. The van der Waals surface area contributed by atoms with Crippen LogP contribution < -0.4 is 5.32 Å². The second-order valence-corrected chi connectivity index (χ2v) is 3.57. The van der Waals surface area contributed by atoms with Crippen LogP contribution in [0.15, 0.2) is 12.3 Å². The van der Waals surface area contributed by atoms with Crippen LogP contribution in [0.25, 0.3) is 0 Å². The highest BCUT2D eigenvalue weighted by Gasteiger charge is 2.00. The second kappa shape index (κ2) is 7.43. The molecule has 0 saturated heterocycles. The van der Waals surface area contributed by atoms with Gasteiger partial charge in [0.25, 0.3) is 0 Å². The van der Waals surface area contributed by atoms with Crippen molar-refractivity contribution in [3.63, 3.8) is 0 Å². The third-order valence-electron chi connectivity index (χ3n) is 2.26. The first-order valence-electron chi connectivity index (χ1n) is 5.58. The molecule has 0 bridgehead atoms. The molecule has 15 heavy (non-hydrogen) atoms. The molecule has 0 aliphatic heterocycles. The van der Waals surface area contributed by atoms with Gasteiger partial charge < -0.3 is 10.1 Å². The predicted molar refractivity (Wildman–Crippen MR) is 60.7 cm³/mol. The largest absolute Gasteiger partial charge is 0.385 e. The van der Waals surface area contributed by atoms with Gasteiger partial charge in [0.15, 0.2) is 0 Å². The summed E-state index contributed by atoms with van der Waals surface area (Å²) in [7, 11) is 1.73. The van der Waals surface area contributed by atoms with E-state index in [4.69, 9.17) is 4.74 Å². The molecule has 0 aromatic carbocycles. The van der Waals surface area contributed by atoms with Crippen LogP contribution >= 0.6 is 0 Å². The summed E-state index contributed by atoms with van der Waals surface area (Å²) in [5, 5.41) is 7.66. The molecule has 1 heterocycles. The minimum absolute atomic E-state index is 0.793. The third-order valence-corrected chi connectivity index (χ3v) is 2.26. The van der Waals surface area contributed by atoms with E-state index in [0.29, 0.717) is 0 Å². The molecular formula is C11H21N3O. The Morgan fingerprint density at radius 1 is 1.53 bits per heavy atom. The van der Waals surface area contributed by atoms with Gasteiger partial charge in [0.05, 0.1) is 5.69 Å². The first-order valence-corrected chi connectivity index (χ1v) is 5.58. The monoisotopic (exact) mass is 211 g/mol. The standard InChI is InChI=1S/C11H21N3O/c1-3-6-12-10-11-5-7-13-14(11)8-4-9-15-2/h5,7,12H,3-4,6,8-10H2,1-2H3. The summed E-state index contributed by atoms with van der Waals surface area (Å²) in [6.07, 6.45) is 4.03. The Balaban J connectivity index is 2.32. The van der Waals surface area contributed by atoms with Crippen LogP contribution in [0.2, 0.25) is 0 Å². The zero-order valence-corrected chi connectivity index (χ0v) is 9.70. The number of ether oxygens (including phenoxy) is 1. The molecule has 1 rings (SSSR count). The molecule has 1 N–H and O–H groups in total. The highest BCUT2D eigenvalue weighted by Crippen LogP contribution is 2.00. The van der Waals surface area contributed by atoms with E-state index < -0.39 is 0 Å². The number of rotatable bonds is 8. The van der Waals surface area contributed by atoms with Crippen molar-refractivity contribution < 1.29 is 4.74 Å². The minimum Gasteiger partial charge on any atom is -0.385 e. The molecular weight excluding hydrogens is 190 g/mol. The van der Waals surface area contributed by atoms with Crippen LogP contribution in [-0.2, 0) is 17.8 Å². The van der Waals surface area contributed by atoms with E-state index in [1.807, 2.05) is 10.9 Å². The highest BCUT2D eigenvalue weighted by atomic mass is 16.5. The Morgan fingerprint density at radius 3 is 3.13 bits per heavy atom. The normalized spacial score (nSPS) is 10.8. The molecule has 86 valence electrons. The van der Waals surface area contributed by atoms with E-state index >= 15 is 0 Å². The molecule has 4 nitrogen and oxygen atoms in total. The van der Waals surface area contributed by atoms with E-state index in [9.17, 15) is 0 Å². The summed E-state index contributed by atoms with van der Waals surface area (Å²) >= 11 is 0. The third kappa shape index (κ3) is 4.44. The minimum atomic E-state index is 0.793. The van der Waals surface area contributed by atoms with Gasteiger partial charge in [-0.25, -0.2) is 0 Å². The summed E-state index contributed by atoms with van der Waals surface area (Å²) in [4.78, 5) is 0. The molecule has 0 unspecified atom stereocenters. The molecule has 0 aliphatic rings. The molecule has 0 spiro atoms. The molecule has 0 radical (unpaired) electrons. The fourth-order valence-electron chi connectivity index (χ4n) is 1.46. The average molecular weight is 211 g/mol. The van der Waals surface area contributed by atoms with Crippen molar-refractivity contribution in [2.45, 2.75) is 32.9 Å². The molecule has 0 aliphatic carbocycles. The van der Waals surface area contributed by atoms with Crippen LogP contribution in [0.1, 0.15) is 25.5 Å².